The van der Waals surface area contributed by atoms with Gasteiger partial charge in [0, 0.05) is 13.7 Å². The maximum Gasteiger partial charge on any atom is 0.323 e. The van der Waals surface area contributed by atoms with Crippen molar-refractivity contribution in [1.29, 1.82) is 0 Å². The molecule has 0 aliphatic rings. The van der Waals surface area contributed by atoms with Gasteiger partial charge in [0.25, 0.3) is 5.91 Å². The van der Waals surface area contributed by atoms with E-state index in [1.165, 1.54) is 12.0 Å². The Morgan fingerprint density at radius 2 is 2.21 bits per heavy atom. The quantitative estimate of drug-likeness (QED) is 0.776. The van der Waals surface area contributed by atoms with E-state index >= 15 is 0 Å². The lowest BCUT2D eigenvalue weighted by molar-refractivity contribution is -0.137. The first kappa shape index (κ1) is 15.6. The zero-order chi connectivity index (χ0) is 14.3. The molecule has 1 amide bonds. The molecule has 0 fully saturated rings. The number of rotatable bonds is 8. The summed E-state index contributed by atoms with van der Waals surface area (Å²) in [5.41, 5.74) is 0. The van der Waals surface area contributed by atoms with Crippen LogP contribution in [0.3, 0.4) is 0 Å². The maximum absolute atomic E-state index is 12.1. The van der Waals surface area contributed by atoms with Crippen LogP contribution in [0.5, 0.6) is 0 Å². The third kappa shape index (κ3) is 4.96. The molecule has 6 nitrogen and oxygen atoms in total. The van der Waals surface area contributed by atoms with Crippen LogP contribution < -0.4 is 0 Å². The van der Waals surface area contributed by atoms with Gasteiger partial charge in [-0.2, -0.15) is 11.8 Å². The number of carboxylic acid groups (broad SMARTS) is 1. The molecule has 0 atom stereocenters. The lowest BCUT2D eigenvalue weighted by Crippen LogP contribution is -2.37. The van der Waals surface area contributed by atoms with E-state index in [0.29, 0.717) is 11.5 Å². The van der Waals surface area contributed by atoms with Gasteiger partial charge in [0.1, 0.15) is 12.3 Å². The summed E-state index contributed by atoms with van der Waals surface area (Å²) in [6, 6.07) is 3.29. The predicted molar refractivity (Wildman–Crippen MR) is 71.3 cm³/mol. The topological polar surface area (TPSA) is 80.0 Å². The van der Waals surface area contributed by atoms with Gasteiger partial charge in [0.2, 0.25) is 0 Å². The average Bonchev–Trinajstić information content (AvgIpc) is 2.82. The van der Waals surface area contributed by atoms with Crippen molar-refractivity contribution < 1.29 is 23.8 Å². The SMILES string of the molecule is COCCN(CC(=O)O)C(=O)c1ccc(CSC)o1. The van der Waals surface area contributed by atoms with Crippen LogP contribution in [0.25, 0.3) is 0 Å². The van der Waals surface area contributed by atoms with Gasteiger partial charge in [-0.15, -0.1) is 0 Å². The summed E-state index contributed by atoms with van der Waals surface area (Å²) in [4.78, 5) is 24.0. The van der Waals surface area contributed by atoms with E-state index < -0.39 is 11.9 Å². The number of amides is 1. The number of carbonyl (C=O) groups is 2. The number of methoxy groups -OCH3 is 1. The number of carboxylic acids is 1. The highest BCUT2D eigenvalue weighted by Crippen LogP contribution is 2.15. The Morgan fingerprint density at radius 1 is 1.47 bits per heavy atom. The molecule has 0 bridgehead atoms. The number of furan rings is 1. The molecule has 1 aromatic heterocycles. The fraction of sp³-hybridized carbons (Fsp3) is 0.500. The van der Waals surface area contributed by atoms with Gasteiger partial charge in [-0.1, -0.05) is 0 Å². The molecule has 0 aliphatic carbocycles. The maximum atomic E-state index is 12.1. The van der Waals surface area contributed by atoms with Crippen LogP contribution in [0.15, 0.2) is 16.5 Å². The van der Waals surface area contributed by atoms with Crippen molar-refractivity contribution in [2.75, 3.05) is 33.1 Å². The molecule has 7 heteroatoms. The van der Waals surface area contributed by atoms with E-state index in [9.17, 15) is 9.59 Å². The minimum absolute atomic E-state index is 0.154. The Morgan fingerprint density at radius 3 is 2.79 bits per heavy atom. The van der Waals surface area contributed by atoms with Crippen LogP contribution >= 0.6 is 11.8 Å². The smallest absolute Gasteiger partial charge is 0.323 e. The van der Waals surface area contributed by atoms with Crippen molar-refractivity contribution in [2.24, 2.45) is 0 Å². The molecule has 106 valence electrons. The van der Waals surface area contributed by atoms with E-state index in [4.69, 9.17) is 14.3 Å². The van der Waals surface area contributed by atoms with Crippen LogP contribution in [0.4, 0.5) is 0 Å². The Hall–Kier alpha value is -1.47. The first-order valence-corrected chi connectivity index (χ1v) is 7.05. The van der Waals surface area contributed by atoms with Crippen molar-refractivity contribution in [2.45, 2.75) is 5.75 Å². The van der Waals surface area contributed by atoms with Crippen LogP contribution in [0, 0.1) is 0 Å². The lowest BCUT2D eigenvalue weighted by Gasteiger charge is -2.18. The molecule has 0 aromatic carbocycles. The van der Waals surface area contributed by atoms with Crippen molar-refractivity contribution in [1.82, 2.24) is 4.90 Å². The van der Waals surface area contributed by atoms with Crippen molar-refractivity contribution in [3.05, 3.63) is 23.7 Å². The van der Waals surface area contributed by atoms with E-state index in [-0.39, 0.29) is 25.5 Å². The van der Waals surface area contributed by atoms with Crippen LogP contribution in [-0.2, 0) is 15.3 Å². The molecule has 19 heavy (non-hydrogen) atoms. The van der Waals surface area contributed by atoms with E-state index in [1.807, 2.05) is 6.26 Å². The normalized spacial score (nSPS) is 10.4. The van der Waals surface area contributed by atoms with Gasteiger partial charge in [0.05, 0.1) is 12.4 Å². The fourth-order valence-electron chi connectivity index (χ4n) is 1.49. The Bertz CT molecular complexity index is 432. The summed E-state index contributed by atoms with van der Waals surface area (Å²) in [6.07, 6.45) is 1.93. The van der Waals surface area contributed by atoms with Crippen molar-refractivity contribution in [3.8, 4) is 0 Å². The minimum atomic E-state index is -1.07. The molecule has 0 unspecified atom stereocenters. The highest BCUT2D eigenvalue weighted by Gasteiger charge is 2.21. The summed E-state index contributed by atoms with van der Waals surface area (Å²) < 4.78 is 10.2. The van der Waals surface area contributed by atoms with Crippen LogP contribution in [-0.4, -0.2) is 54.9 Å². The van der Waals surface area contributed by atoms with Crippen LogP contribution in [0.2, 0.25) is 0 Å². The summed E-state index contributed by atoms with van der Waals surface area (Å²) in [5, 5.41) is 8.80. The second-order valence-electron chi connectivity index (χ2n) is 3.81. The van der Waals surface area contributed by atoms with Crippen LogP contribution in [0.1, 0.15) is 16.3 Å². The average molecular weight is 287 g/mol. The van der Waals surface area contributed by atoms with E-state index in [0.717, 1.165) is 0 Å². The fourth-order valence-corrected chi connectivity index (χ4v) is 1.93. The third-order valence-electron chi connectivity index (χ3n) is 2.34. The lowest BCUT2D eigenvalue weighted by atomic mass is 10.3. The van der Waals surface area contributed by atoms with E-state index in [2.05, 4.69) is 0 Å². The molecular formula is C12H17NO5S. The number of thioether (sulfide) groups is 1. The number of hydrogen-bond donors (Lipinski definition) is 1. The van der Waals surface area contributed by atoms with Gasteiger partial charge in [-0.25, -0.2) is 0 Å². The number of carbonyl (C=O) groups excluding carboxylic acids is 1. The summed E-state index contributed by atoms with van der Waals surface area (Å²) in [5.74, 6) is 0.0102. The van der Waals surface area contributed by atoms with Gasteiger partial charge >= 0.3 is 5.97 Å². The van der Waals surface area contributed by atoms with Gasteiger partial charge in [0.15, 0.2) is 5.76 Å². The number of aliphatic carboxylic acids is 1. The Labute approximate surface area is 115 Å². The number of nitrogens with zero attached hydrogens (tertiary/aromatic N) is 1. The molecule has 0 radical (unpaired) electrons. The van der Waals surface area contributed by atoms with Crippen molar-refractivity contribution in [3.63, 3.8) is 0 Å². The zero-order valence-corrected chi connectivity index (χ0v) is 11.7. The molecule has 1 N–H and O–H groups in total. The molecule has 1 heterocycles. The molecule has 0 saturated carbocycles. The molecule has 0 spiro atoms. The molecular weight excluding hydrogens is 270 g/mol. The Balaban J connectivity index is 2.75. The van der Waals surface area contributed by atoms with Gasteiger partial charge in [-0.05, 0) is 18.4 Å². The highest BCUT2D eigenvalue weighted by atomic mass is 32.2. The summed E-state index contributed by atoms with van der Waals surface area (Å²) in [7, 11) is 1.49. The van der Waals surface area contributed by atoms with E-state index in [1.54, 1.807) is 23.9 Å². The first-order valence-electron chi connectivity index (χ1n) is 5.66. The number of ether oxygens (including phenoxy) is 1. The second-order valence-corrected chi connectivity index (χ2v) is 4.68. The standard InChI is InChI=1S/C12H17NO5S/c1-17-6-5-13(7-11(14)15)12(16)10-4-3-9(18-10)8-19-2/h3-4H,5-8H2,1-2H3,(H,14,15). The van der Waals surface area contributed by atoms with Crippen molar-refractivity contribution >= 4 is 23.6 Å². The van der Waals surface area contributed by atoms with Gasteiger partial charge in [-0.3, -0.25) is 9.59 Å². The first-order chi connectivity index (χ1) is 9.08. The molecule has 1 aromatic rings. The second kappa shape index (κ2) is 7.85. The molecule has 1 rings (SSSR count). The largest absolute Gasteiger partial charge is 0.480 e. The number of hydrogen-bond acceptors (Lipinski definition) is 5. The predicted octanol–water partition coefficient (Wildman–Crippen LogP) is 1.32. The molecule has 0 aliphatic heterocycles. The Kier molecular flexibility index (Phi) is 6.44. The van der Waals surface area contributed by atoms with Gasteiger partial charge < -0.3 is 19.2 Å². The third-order valence-corrected chi connectivity index (χ3v) is 2.91. The summed E-state index contributed by atoms with van der Waals surface area (Å²) >= 11 is 1.58. The highest BCUT2D eigenvalue weighted by molar-refractivity contribution is 7.97. The molecule has 0 saturated heterocycles. The minimum Gasteiger partial charge on any atom is -0.480 e. The monoisotopic (exact) mass is 287 g/mol. The zero-order valence-electron chi connectivity index (χ0n) is 10.9. The summed E-state index contributed by atoms with van der Waals surface area (Å²) in [6.45, 7) is 0.109.